The number of ether oxygens (including phenoxy) is 2. The lowest BCUT2D eigenvalue weighted by Crippen LogP contribution is -2.37. The molecule has 0 saturated heterocycles. The number of carbonyl (C=O) groups is 2. The Morgan fingerprint density at radius 2 is 0.548 bits per heavy atom. The lowest BCUT2D eigenvalue weighted by molar-refractivity contribution is -0.870. The van der Waals surface area contributed by atoms with Gasteiger partial charge in [0.15, 0.2) is 6.10 Å². The molecule has 0 aromatic carbocycles. The molecule has 9 nitrogen and oxygen atoms in total. The second-order valence-electron chi connectivity index (χ2n) is 29.8. The molecule has 2 unspecified atom stereocenters. The van der Waals surface area contributed by atoms with Gasteiger partial charge in [-0.15, -0.1) is 0 Å². The highest BCUT2D eigenvalue weighted by Gasteiger charge is 2.27. The molecule has 10 heteroatoms. The summed E-state index contributed by atoms with van der Waals surface area (Å²) in [5, 5.41) is 0. The van der Waals surface area contributed by atoms with Crippen LogP contribution in [-0.2, 0) is 32.7 Å². The molecule has 0 heterocycles. The fraction of sp³-hybridized carbons (Fsp3) is 0.702. The number of nitrogens with zero attached hydrogens (tertiary/aromatic N) is 1. The van der Waals surface area contributed by atoms with Crippen molar-refractivity contribution in [3.8, 4) is 0 Å². The first kappa shape index (κ1) is 99.6. The Kier molecular flexibility index (Phi) is 79.2. The van der Waals surface area contributed by atoms with Crippen LogP contribution in [0.5, 0.6) is 0 Å². The summed E-state index contributed by atoms with van der Waals surface area (Å²) in [5.74, 6) is -0.815. The largest absolute Gasteiger partial charge is 0.472 e. The molecule has 0 aliphatic carbocycles. The fourth-order valence-corrected chi connectivity index (χ4v) is 12.7. The van der Waals surface area contributed by atoms with Gasteiger partial charge in [-0.3, -0.25) is 18.6 Å². The van der Waals surface area contributed by atoms with E-state index in [1.165, 1.54) is 212 Å². The minimum atomic E-state index is -4.41. The SMILES string of the molecule is CC/C=C\C/C=C\C/C=C\C/C=C\C/C=C\C/C=C\C/C=C\C/C=C\C/C=C\C/C=C\C/C=C\CCCCCCCC(=O)OC(COC(=O)CCCCCCCCCCCCCCCCCCCCCCCCCCCCCCC/C=C\C/C=C\CCCCCCC)COP(=O)(O)OCC[N+](C)(C)C. The van der Waals surface area contributed by atoms with E-state index in [2.05, 4.69) is 172 Å². The third-order valence-electron chi connectivity index (χ3n) is 18.5. The first-order valence-corrected chi connectivity index (χ1v) is 44.7. The number of likely N-dealkylation sites (N-methyl/N-ethyl adjacent to an activating group) is 1. The molecule has 0 amide bonds. The lowest BCUT2D eigenvalue weighted by atomic mass is 10.0. The lowest BCUT2D eigenvalue weighted by Gasteiger charge is -2.24. The summed E-state index contributed by atoms with van der Waals surface area (Å²) in [6.07, 6.45) is 124. The average molecular weight is 1470 g/mol. The van der Waals surface area contributed by atoms with Crippen LogP contribution in [0.3, 0.4) is 0 Å². The predicted molar refractivity (Wildman–Crippen MR) is 454 cm³/mol. The molecular weight excluding hydrogens is 1300 g/mol. The molecule has 0 bridgehead atoms. The molecule has 0 aliphatic heterocycles. The molecule has 0 radical (unpaired) electrons. The molecule has 0 rings (SSSR count). The van der Waals surface area contributed by atoms with E-state index in [0.717, 1.165) is 128 Å². The van der Waals surface area contributed by atoms with Crippen molar-refractivity contribution in [1.82, 2.24) is 0 Å². The Morgan fingerprint density at radius 1 is 0.308 bits per heavy atom. The van der Waals surface area contributed by atoms with Gasteiger partial charge in [-0.05, 0) is 128 Å². The molecular formula is C94H163NO8P+. The summed E-state index contributed by atoms with van der Waals surface area (Å²) in [7, 11) is 1.46. The second kappa shape index (κ2) is 82.7. The highest BCUT2D eigenvalue weighted by molar-refractivity contribution is 7.47. The van der Waals surface area contributed by atoms with Crippen molar-refractivity contribution in [2.75, 3.05) is 47.5 Å². The number of hydrogen-bond donors (Lipinski definition) is 1. The maximum absolute atomic E-state index is 12.9. The topological polar surface area (TPSA) is 108 Å². The number of phosphoric ester groups is 1. The van der Waals surface area contributed by atoms with Crippen molar-refractivity contribution in [1.29, 1.82) is 0 Å². The van der Waals surface area contributed by atoms with E-state index in [1.807, 2.05) is 21.1 Å². The van der Waals surface area contributed by atoms with Gasteiger partial charge in [0.05, 0.1) is 27.7 Å². The Bertz CT molecular complexity index is 2320. The Hall–Kier alpha value is -4.37. The van der Waals surface area contributed by atoms with Crippen LogP contribution < -0.4 is 0 Å². The summed E-state index contributed by atoms with van der Waals surface area (Å²) < 4.78 is 34.8. The quantitative estimate of drug-likeness (QED) is 0.0211. The summed E-state index contributed by atoms with van der Waals surface area (Å²) in [5.41, 5.74) is 0. The minimum absolute atomic E-state index is 0.0217. The highest BCUT2D eigenvalue weighted by atomic mass is 31.2. The number of unbranched alkanes of at least 4 members (excludes halogenated alkanes) is 39. The standard InChI is InChI=1S/C94H162NO8P/c1-6-8-10-12-14-16-18-20-22-24-26-28-30-32-34-36-38-40-42-44-46-47-49-50-52-54-56-58-60-62-64-66-68-70-72-74-76-78-80-82-84-86-93(96)100-90-92(91-102-104(98,99)101-89-88-95(3,4)5)103-94(97)87-85-83-81-79-77-75-73-71-69-67-65-63-61-59-57-55-53-51-48-45-43-41-39-37-35-33-31-29-27-25-23-21-19-17-15-13-11-9-7-2/h9,11,15,17-18,20-21,23-24,26-27,29,33,35,39,41,45,48,53,55,59,61,65,67,71,73,92H,6-8,10,12-14,16,19,22,25,28,30-32,34,36-38,40,42-44,46-47,49-52,54,56-58,60,62-64,66,68-70,72,74-91H2,1-5H3/p+1/b11-9-,17-15-,20-18-,23-21-,26-24-,29-27-,35-33-,41-39-,48-45-,55-53-,61-59-,67-65-,73-71-. The van der Waals surface area contributed by atoms with Crippen molar-refractivity contribution >= 4 is 19.8 Å². The van der Waals surface area contributed by atoms with Gasteiger partial charge in [0.1, 0.15) is 19.8 Å². The predicted octanol–water partition coefficient (Wildman–Crippen LogP) is 29.4. The number of hydrogen-bond acceptors (Lipinski definition) is 7. The second-order valence-corrected chi connectivity index (χ2v) is 31.3. The van der Waals surface area contributed by atoms with Crippen LogP contribution >= 0.6 is 7.82 Å². The number of phosphoric acid groups is 1. The zero-order chi connectivity index (χ0) is 75.4. The van der Waals surface area contributed by atoms with Gasteiger partial charge in [-0.1, -0.05) is 390 Å². The van der Waals surface area contributed by atoms with Crippen LogP contribution in [0.25, 0.3) is 0 Å². The van der Waals surface area contributed by atoms with Crippen LogP contribution in [-0.4, -0.2) is 74.9 Å². The van der Waals surface area contributed by atoms with E-state index in [-0.39, 0.29) is 32.0 Å². The normalized spacial score (nSPS) is 13.8. The maximum atomic E-state index is 12.9. The summed E-state index contributed by atoms with van der Waals surface area (Å²) in [6.45, 7) is 4.31. The molecule has 0 spiro atoms. The number of esters is 2. The van der Waals surface area contributed by atoms with Gasteiger partial charge in [-0.2, -0.15) is 0 Å². The van der Waals surface area contributed by atoms with Crippen LogP contribution in [0.4, 0.5) is 0 Å². The Labute approximate surface area is 643 Å². The van der Waals surface area contributed by atoms with Crippen LogP contribution in [0, 0.1) is 0 Å². The number of rotatable bonds is 79. The monoisotopic (exact) mass is 1470 g/mol. The van der Waals surface area contributed by atoms with Crippen molar-refractivity contribution in [2.24, 2.45) is 0 Å². The first-order valence-electron chi connectivity index (χ1n) is 43.2. The summed E-state index contributed by atoms with van der Waals surface area (Å²) in [4.78, 5) is 36.0. The zero-order valence-corrected chi connectivity index (χ0v) is 69.1. The Balaban J connectivity index is 3.99. The van der Waals surface area contributed by atoms with E-state index in [4.69, 9.17) is 18.5 Å². The van der Waals surface area contributed by atoms with Gasteiger partial charge in [0.25, 0.3) is 0 Å². The average Bonchev–Trinajstić information content (AvgIpc) is 0.915. The third kappa shape index (κ3) is 86.5. The zero-order valence-electron chi connectivity index (χ0n) is 68.2. The van der Waals surface area contributed by atoms with Gasteiger partial charge in [0.2, 0.25) is 0 Å². The molecule has 596 valence electrons. The van der Waals surface area contributed by atoms with E-state index in [9.17, 15) is 19.0 Å². The minimum Gasteiger partial charge on any atom is -0.462 e. The van der Waals surface area contributed by atoms with Gasteiger partial charge in [-0.25, -0.2) is 4.57 Å². The first-order chi connectivity index (χ1) is 51.0. The highest BCUT2D eigenvalue weighted by Crippen LogP contribution is 2.43. The van der Waals surface area contributed by atoms with Crippen molar-refractivity contribution < 1.29 is 42.1 Å². The molecule has 104 heavy (non-hydrogen) atoms. The van der Waals surface area contributed by atoms with Crippen molar-refractivity contribution in [3.05, 3.63) is 158 Å². The van der Waals surface area contributed by atoms with Crippen LogP contribution in [0.2, 0.25) is 0 Å². The van der Waals surface area contributed by atoms with Crippen molar-refractivity contribution in [2.45, 2.75) is 380 Å². The van der Waals surface area contributed by atoms with Crippen molar-refractivity contribution in [3.63, 3.8) is 0 Å². The summed E-state index contributed by atoms with van der Waals surface area (Å²) in [6, 6.07) is 0. The molecule has 1 N–H and O–H groups in total. The molecule has 0 fully saturated rings. The molecule has 2 atom stereocenters. The number of allylic oxidation sites excluding steroid dienone is 26. The maximum Gasteiger partial charge on any atom is 0.472 e. The van der Waals surface area contributed by atoms with Crippen LogP contribution in [0.15, 0.2) is 158 Å². The summed E-state index contributed by atoms with van der Waals surface area (Å²) >= 11 is 0. The van der Waals surface area contributed by atoms with Gasteiger partial charge in [0, 0.05) is 12.8 Å². The van der Waals surface area contributed by atoms with Gasteiger partial charge < -0.3 is 18.9 Å². The smallest absolute Gasteiger partial charge is 0.462 e. The van der Waals surface area contributed by atoms with E-state index in [0.29, 0.717) is 17.4 Å². The number of carbonyl (C=O) groups excluding carboxylic acids is 2. The third-order valence-corrected chi connectivity index (χ3v) is 19.5. The van der Waals surface area contributed by atoms with Gasteiger partial charge >= 0.3 is 19.8 Å². The Morgan fingerprint density at radius 3 is 0.817 bits per heavy atom. The number of quaternary nitrogens is 1. The van der Waals surface area contributed by atoms with E-state index in [1.54, 1.807) is 0 Å². The van der Waals surface area contributed by atoms with E-state index >= 15 is 0 Å². The fourth-order valence-electron chi connectivity index (χ4n) is 12.0. The van der Waals surface area contributed by atoms with Crippen LogP contribution in [0.1, 0.15) is 373 Å². The molecule has 0 aromatic rings. The van der Waals surface area contributed by atoms with E-state index < -0.39 is 26.5 Å². The molecule has 0 aliphatic rings. The molecule has 0 saturated carbocycles. The molecule has 0 aromatic heterocycles.